The van der Waals surface area contributed by atoms with Crippen molar-refractivity contribution in [3.05, 3.63) is 29.8 Å². The number of phenols is 1. The molecule has 124 valence electrons. The Morgan fingerprint density at radius 2 is 1.82 bits per heavy atom. The van der Waals surface area contributed by atoms with Crippen LogP contribution in [-0.2, 0) is 6.42 Å². The van der Waals surface area contributed by atoms with Crippen molar-refractivity contribution in [1.29, 1.82) is 0 Å². The van der Waals surface area contributed by atoms with E-state index in [1.807, 2.05) is 32.9 Å². The van der Waals surface area contributed by atoms with Crippen LogP contribution in [0.15, 0.2) is 24.3 Å². The average Bonchev–Trinajstić information content (AvgIpc) is 2.52. The number of aryl methyl sites for hydroxylation is 1. The Morgan fingerprint density at radius 1 is 1.23 bits per heavy atom. The van der Waals surface area contributed by atoms with Crippen LogP contribution in [-0.4, -0.2) is 34.4 Å². The second-order valence-corrected chi connectivity index (χ2v) is 5.86. The van der Waals surface area contributed by atoms with Gasteiger partial charge >= 0.3 is 6.03 Å². The molecule has 1 rings (SSSR count). The van der Waals surface area contributed by atoms with Gasteiger partial charge in [-0.2, -0.15) is 0 Å². The van der Waals surface area contributed by atoms with Crippen molar-refractivity contribution in [2.24, 2.45) is 0 Å². The number of hydrogen-bond acceptors (Lipinski definition) is 3. The summed E-state index contributed by atoms with van der Waals surface area (Å²) in [4.78, 5) is 11.8. The van der Waals surface area contributed by atoms with Crippen molar-refractivity contribution in [2.45, 2.75) is 58.1 Å². The summed E-state index contributed by atoms with van der Waals surface area (Å²) in [5, 5.41) is 25.0. The average molecular weight is 308 g/mol. The largest absolute Gasteiger partial charge is 0.508 e. The molecule has 22 heavy (non-hydrogen) atoms. The van der Waals surface area contributed by atoms with Crippen molar-refractivity contribution in [3.63, 3.8) is 0 Å². The zero-order valence-corrected chi connectivity index (χ0v) is 13.7. The molecular weight excluding hydrogens is 280 g/mol. The summed E-state index contributed by atoms with van der Waals surface area (Å²) in [5.41, 5.74) is 0.297. The topological polar surface area (TPSA) is 81.6 Å². The number of nitrogens with one attached hydrogen (secondary N) is 2. The van der Waals surface area contributed by atoms with E-state index >= 15 is 0 Å². The van der Waals surface area contributed by atoms with Crippen LogP contribution >= 0.6 is 0 Å². The lowest BCUT2D eigenvalue weighted by Gasteiger charge is -2.26. The van der Waals surface area contributed by atoms with Crippen LogP contribution in [0.5, 0.6) is 5.75 Å². The van der Waals surface area contributed by atoms with Crippen LogP contribution < -0.4 is 10.6 Å². The van der Waals surface area contributed by atoms with E-state index in [9.17, 15) is 15.0 Å². The third-order valence-corrected chi connectivity index (χ3v) is 4.07. The zero-order chi connectivity index (χ0) is 16.6. The smallest absolute Gasteiger partial charge is 0.315 e. The summed E-state index contributed by atoms with van der Waals surface area (Å²) in [6.07, 6.45) is 2.86. The quantitative estimate of drug-likeness (QED) is 0.596. The van der Waals surface area contributed by atoms with Gasteiger partial charge in [-0.1, -0.05) is 26.0 Å². The van der Waals surface area contributed by atoms with Gasteiger partial charge in [0.2, 0.25) is 0 Å². The highest BCUT2D eigenvalue weighted by Gasteiger charge is 2.22. The van der Waals surface area contributed by atoms with Gasteiger partial charge in [-0.3, -0.25) is 0 Å². The predicted octanol–water partition coefficient (Wildman–Crippen LogP) is 2.56. The molecule has 0 aliphatic carbocycles. The molecule has 0 saturated heterocycles. The molecule has 4 N–H and O–H groups in total. The second kappa shape index (κ2) is 8.63. The first-order valence-electron chi connectivity index (χ1n) is 7.93. The summed E-state index contributed by atoms with van der Waals surface area (Å²) in [7, 11) is 0. The van der Waals surface area contributed by atoms with Gasteiger partial charge in [0.15, 0.2) is 0 Å². The second-order valence-electron chi connectivity index (χ2n) is 5.86. The van der Waals surface area contributed by atoms with E-state index in [0.717, 1.165) is 18.4 Å². The van der Waals surface area contributed by atoms with E-state index in [0.29, 0.717) is 12.8 Å². The number of rotatable bonds is 8. The van der Waals surface area contributed by atoms with Crippen molar-refractivity contribution in [3.8, 4) is 5.75 Å². The Hall–Kier alpha value is -1.75. The molecule has 5 nitrogen and oxygen atoms in total. The summed E-state index contributed by atoms with van der Waals surface area (Å²) in [5.74, 6) is 0.258. The standard InChI is InChI=1S/C17H28N2O3/c1-4-17(22,5-2)12-18-16(21)19-13(3)6-7-14-8-10-15(20)11-9-14/h8-11,13,20,22H,4-7,12H2,1-3H3,(H2,18,19,21). The number of aliphatic hydroxyl groups is 1. The molecule has 1 unspecified atom stereocenters. The summed E-state index contributed by atoms with van der Waals surface area (Å²) < 4.78 is 0. The fourth-order valence-electron chi connectivity index (χ4n) is 2.14. The van der Waals surface area contributed by atoms with Crippen molar-refractivity contribution in [1.82, 2.24) is 10.6 Å². The number of aromatic hydroxyl groups is 1. The molecular formula is C17H28N2O3. The van der Waals surface area contributed by atoms with Crippen LogP contribution in [0.25, 0.3) is 0 Å². The Balaban J connectivity index is 2.30. The SMILES string of the molecule is CCC(O)(CC)CNC(=O)NC(C)CCc1ccc(O)cc1. The van der Waals surface area contributed by atoms with Gasteiger partial charge in [0.1, 0.15) is 5.75 Å². The Bertz CT molecular complexity index is 455. The van der Waals surface area contributed by atoms with Crippen molar-refractivity contribution in [2.75, 3.05) is 6.54 Å². The van der Waals surface area contributed by atoms with Gasteiger partial charge in [-0.25, -0.2) is 4.79 Å². The molecule has 2 amide bonds. The van der Waals surface area contributed by atoms with Crippen LogP contribution in [0.1, 0.15) is 45.6 Å². The molecule has 0 aliphatic heterocycles. The molecule has 0 radical (unpaired) electrons. The fourth-order valence-corrected chi connectivity index (χ4v) is 2.14. The Morgan fingerprint density at radius 3 is 2.36 bits per heavy atom. The van der Waals surface area contributed by atoms with E-state index in [4.69, 9.17) is 0 Å². The molecule has 1 aromatic carbocycles. The highest BCUT2D eigenvalue weighted by molar-refractivity contribution is 5.74. The van der Waals surface area contributed by atoms with Crippen LogP contribution in [0.4, 0.5) is 4.79 Å². The summed E-state index contributed by atoms with van der Waals surface area (Å²) in [6, 6.07) is 6.87. The minimum atomic E-state index is -0.827. The summed E-state index contributed by atoms with van der Waals surface area (Å²) >= 11 is 0. The Kier molecular flexibility index (Phi) is 7.18. The molecule has 0 fully saturated rings. The molecule has 0 spiro atoms. The van der Waals surface area contributed by atoms with E-state index in [1.54, 1.807) is 12.1 Å². The molecule has 0 aromatic heterocycles. The van der Waals surface area contributed by atoms with Gasteiger partial charge in [0, 0.05) is 12.6 Å². The van der Waals surface area contributed by atoms with E-state index in [2.05, 4.69) is 10.6 Å². The van der Waals surface area contributed by atoms with E-state index < -0.39 is 5.60 Å². The van der Waals surface area contributed by atoms with Gasteiger partial charge in [0.05, 0.1) is 5.60 Å². The minimum absolute atomic E-state index is 0.0325. The summed E-state index contributed by atoms with van der Waals surface area (Å²) in [6.45, 7) is 6.02. The number of carbonyl (C=O) groups is 1. The van der Waals surface area contributed by atoms with Crippen molar-refractivity contribution >= 4 is 6.03 Å². The highest BCUT2D eigenvalue weighted by Crippen LogP contribution is 2.13. The lowest BCUT2D eigenvalue weighted by atomic mass is 9.98. The van der Waals surface area contributed by atoms with E-state index in [1.165, 1.54) is 0 Å². The van der Waals surface area contributed by atoms with E-state index in [-0.39, 0.29) is 24.4 Å². The third-order valence-electron chi connectivity index (χ3n) is 4.07. The first kappa shape index (κ1) is 18.3. The first-order valence-corrected chi connectivity index (χ1v) is 7.93. The molecule has 1 aromatic rings. The highest BCUT2D eigenvalue weighted by atomic mass is 16.3. The maximum atomic E-state index is 11.8. The predicted molar refractivity (Wildman–Crippen MR) is 88.0 cm³/mol. The van der Waals surface area contributed by atoms with Gasteiger partial charge in [-0.15, -0.1) is 0 Å². The number of benzene rings is 1. The molecule has 1 atom stereocenters. The fraction of sp³-hybridized carbons (Fsp3) is 0.588. The first-order chi connectivity index (χ1) is 10.4. The van der Waals surface area contributed by atoms with Gasteiger partial charge in [0.25, 0.3) is 0 Å². The number of phenolic OH excluding ortho intramolecular Hbond substituents is 1. The Labute approximate surface area is 132 Å². The van der Waals surface area contributed by atoms with Crippen LogP contribution in [0, 0.1) is 0 Å². The molecule has 0 aliphatic rings. The number of carbonyl (C=O) groups excluding carboxylic acids is 1. The third kappa shape index (κ3) is 6.35. The van der Waals surface area contributed by atoms with Crippen LogP contribution in [0.2, 0.25) is 0 Å². The lowest BCUT2D eigenvalue weighted by molar-refractivity contribution is 0.0348. The maximum Gasteiger partial charge on any atom is 0.315 e. The van der Waals surface area contributed by atoms with Gasteiger partial charge in [-0.05, 0) is 50.3 Å². The van der Waals surface area contributed by atoms with Crippen molar-refractivity contribution < 1.29 is 15.0 Å². The normalized spacial score (nSPS) is 12.7. The zero-order valence-electron chi connectivity index (χ0n) is 13.7. The molecule has 0 bridgehead atoms. The molecule has 0 saturated carbocycles. The number of amides is 2. The number of hydrogen-bond donors (Lipinski definition) is 4. The minimum Gasteiger partial charge on any atom is -0.508 e. The van der Waals surface area contributed by atoms with Crippen LogP contribution in [0.3, 0.4) is 0 Å². The lowest BCUT2D eigenvalue weighted by Crippen LogP contribution is -2.47. The van der Waals surface area contributed by atoms with Gasteiger partial charge < -0.3 is 20.8 Å². The molecule has 5 heteroatoms. The number of urea groups is 1. The molecule has 0 heterocycles. The maximum absolute atomic E-state index is 11.8. The monoisotopic (exact) mass is 308 g/mol.